The zero-order chi connectivity index (χ0) is 21.9. The topological polar surface area (TPSA) is 172 Å². The molecule has 1 atom stereocenters. The van der Waals surface area contributed by atoms with Crippen LogP contribution in [0.3, 0.4) is 0 Å². The van der Waals surface area contributed by atoms with E-state index in [-0.39, 0.29) is 17.9 Å². The number of nitrogens with one attached hydrogen (secondary N) is 3. The first kappa shape index (κ1) is 22.2. The lowest BCUT2D eigenvalue weighted by atomic mass is 10.1. The Hall–Kier alpha value is -4.09. The van der Waals surface area contributed by atoms with Crippen molar-refractivity contribution < 1.29 is 34.1 Å². The van der Waals surface area contributed by atoms with Crippen LogP contribution in [0.2, 0.25) is 0 Å². The SMILES string of the molecule is COC(=O)N[C@@H](CNC(=O)c1ccc(OCCNc2ncccn2)cc1O)C(=O)O. The quantitative estimate of drug-likeness (QED) is 0.335. The zero-order valence-corrected chi connectivity index (χ0v) is 16.0. The number of phenolic OH excluding ortho intramolecular Hbond substituents is 1. The van der Waals surface area contributed by atoms with Crippen molar-refractivity contribution in [2.24, 2.45) is 0 Å². The number of benzene rings is 1. The Bertz CT molecular complexity index is 878. The van der Waals surface area contributed by atoms with Crippen molar-refractivity contribution in [1.82, 2.24) is 20.6 Å². The number of carboxylic acids is 1. The van der Waals surface area contributed by atoms with Gasteiger partial charge in [-0.15, -0.1) is 0 Å². The lowest BCUT2D eigenvalue weighted by molar-refractivity contribution is -0.139. The number of hydrogen-bond acceptors (Lipinski definition) is 9. The normalized spacial score (nSPS) is 11.1. The lowest BCUT2D eigenvalue weighted by Gasteiger charge is -2.15. The highest BCUT2D eigenvalue weighted by molar-refractivity contribution is 5.97. The number of nitrogens with zero attached hydrogens (tertiary/aromatic N) is 2. The molecule has 12 heteroatoms. The van der Waals surface area contributed by atoms with Gasteiger partial charge in [0.2, 0.25) is 5.95 Å². The summed E-state index contributed by atoms with van der Waals surface area (Å²) in [7, 11) is 1.08. The van der Waals surface area contributed by atoms with E-state index in [1.807, 2.05) is 0 Å². The Morgan fingerprint density at radius 3 is 2.57 bits per heavy atom. The fourth-order valence-corrected chi connectivity index (χ4v) is 2.21. The van der Waals surface area contributed by atoms with E-state index in [0.29, 0.717) is 18.2 Å². The number of aromatic hydroxyl groups is 1. The second-order valence-corrected chi connectivity index (χ2v) is 5.76. The summed E-state index contributed by atoms with van der Waals surface area (Å²) in [5, 5.41) is 26.5. The van der Waals surface area contributed by atoms with Crippen molar-refractivity contribution in [2.45, 2.75) is 6.04 Å². The van der Waals surface area contributed by atoms with Crippen LogP contribution in [0.4, 0.5) is 10.7 Å². The van der Waals surface area contributed by atoms with Crippen molar-refractivity contribution >= 4 is 23.9 Å². The van der Waals surface area contributed by atoms with Crippen molar-refractivity contribution in [3.8, 4) is 11.5 Å². The Balaban J connectivity index is 1.85. The largest absolute Gasteiger partial charge is 0.507 e. The van der Waals surface area contributed by atoms with E-state index in [1.54, 1.807) is 18.5 Å². The number of alkyl carbamates (subject to hydrolysis) is 1. The van der Waals surface area contributed by atoms with Gasteiger partial charge < -0.3 is 35.6 Å². The van der Waals surface area contributed by atoms with Gasteiger partial charge in [-0.25, -0.2) is 19.6 Å². The van der Waals surface area contributed by atoms with Crippen LogP contribution in [-0.2, 0) is 9.53 Å². The smallest absolute Gasteiger partial charge is 0.407 e. The highest BCUT2D eigenvalue weighted by Crippen LogP contribution is 2.23. The number of carboxylic acid groups (broad SMARTS) is 1. The van der Waals surface area contributed by atoms with Gasteiger partial charge in [0, 0.05) is 25.0 Å². The number of aliphatic carboxylic acids is 1. The van der Waals surface area contributed by atoms with Crippen molar-refractivity contribution in [1.29, 1.82) is 0 Å². The second kappa shape index (κ2) is 11.0. The van der Waals surface area contributed by atoms with Gasteiger partial charge in [-0.3, -0.25) is 4.79 Å². The summed E-state index contributed by atoms with van der Waals surface area (Å²) in [6, 6.07) is 4.37. The summed E-state index contributed by atoms with van der Waals surface area (Å²) in [6.45, 7) is 0.258. The average molecular weight is 419 g/mol. The number of amides is 2. The summed E-state index contributed by atoms with van der Waals surface area (Å²) in [5.74, 6) is -1.65. The van der Waals surface area contributed by atoms with Gasteiger partial charge in [-0.05, 0) is 18.2 Å². The van der Waals surface area contributed by atoms with Crippen LogP contribution in [0.15, 0.2) is 36.7 Å². The highest BCUT2D eigenvalue weighted by Gasteiger charge is 2.22. The van der Waals surface area contributed by atoms with Crippen molar-refractivity contribution in [2.75, 3.05) is 32.1 Å². The molecule has 2 rings (SSSR count). The summed E-state index contributed by atoms with van der Waals surface area (Å²) >= 11 is 0. The molecule has 0 aliphatic rings. The molecule has 1 aromatic carbocycles. The molecule has 0 fully saturated rings. The van der Waals surface area contributed by atoms with Crippen LogP contribution < -0.4 is 20.7 Å². The first-order valence-electron chi connectivity index (χ1n) is 8.73. The van der Waals surface area contributed by atoms with E-state index >= 15 is 0 Å². The number of ether oxygens (including phenoxy) is 2. The van der Waals surface area contributed by atoms with Gasteiger partial charge in [0.25, 0.3) is 5.91 Å². The molecular weight excluding hydrogens is 398 g/mol. The molecule has 0 aliphatic carbocycles. The van der Waals surface area contributed by atoms with Crippen molar-refractivity contribution in [3.05, 3.63) is 42.2 Å². The Kier molecular flexibility index (Phi) is 8.17. The maximum Gasteiger partial charge on any atom is 0.407 e. The van der Waals surface area contributed by atoms with Gasteiger partial charge in [0.05, 0.1) is 19.2 Å². The van der Waals surface area contributed by atoms with Crippen molar-refractivity contribution in [3.63, 3.8) is 0 Å². The first-order chi connectivity index (χ1) is 14.4. The number of anilines is 1. The minimum absolute atomic E-state index is 0.0830. The number of methoxy groups -OCH3 is 1. The zero-order valence-electron chi connectivity index (χ0n) is 16.0. The van der Waals surface area contributed by atoms with E-state index in [1.165, 1.54) is 18.2 Å². The summed E-state index contributed by atoms with van der Waals surface area (Å²) < 4.78 is 9.81. The third kappa shape index (κ3) is 6.82. The van der Waals surface area contributed by atoms with Gasteiger partial charge >= 0.3 is 12.1 Å². The average Bonchev–Trinajstić information content (AvgIpc) is 2.74. The summed E-state index contributed by atoms with van der Waals surface area (Å²) in [5.41, 5.74) is -0.0830. The molecule has 2 aromatic rings. The van der Waals surface area contributed by atoms with Gasteiger partial charge in [-0.1, -0.05) is 0 Å². The van der Waals surface area contributed by atoms with E-state index in [0.717, 1.165) is 7.11 Å². The molecular formula is C18H21N5O7. The molecule has 0 saturated heterocycles. The molecule has 1 heterocycles. The molecule has 0 unspecified atom stereocenters. The monoisotopic (exact) mass is 419 g/mol. The molecule has 5 N–H and O–H groups in total. The Morgan fingerprint density at radius 2 is 1.93 bits per heavy atom. The molecule has 12 nitrogen and oxygen atoms in total. The van der Waals surface area contributed by atoms with Crippen LogP contribution in [0.25, 0.3) is 0 Å². The predicted molar refractivity (Wildman–Crippen MR) is 103 cm³/mol. The molecule has 0 radical (unpaired) electrons. The molecule has 2 amide bonds. The fourth-order valence-electron chi connectivity index (χ4n) is 2.21. The number of carbonyl (C=O) groups is 3. The fraction of sp³-hybridized carbons (Fsp3) is 0.278. The predicted octanol–water partition coefficient (Wildman–Crippen LogP) is 0.212. The number of rotatable bonds is 10. The molecule has 1 aromatic heterocycles. The number of carbonyl (C=O) groups excluding carboxylic acids is 2. The Morgan fingerprint density at radius 1 is 1.20 bits per heavy atom. The number of aromatic nitrogens is 2. The van der Waals surface area contributed by atoms with E-state index < -0.39 is 30.6 Å². The molecule has 0 saturated carbocycles. The van der Waals surface area contributed by atoms with Gasteiger partial charge in [0.1, 0.15) is 24.1 Å². The lowest BCUT2D eigenvalue weighted by Crippen LogP contribution is -2.48. The minimum atomic E-state index is -1.40. The summed E-state index contributed by atoms with van der Waals surface area (Å²) in [4.78, 5) is 42.5. The first-order valence-corrected chi connectivity index (χ1v) is 8.73. The molecule has 0 aliphatic heterocycles. The third-order valence-electron chi connectivity index (χ3n) is 3.68. The second-order valence-electron chi connectivity index (χ2n) is 5.76. The number of hydrogen-bond donors (Lipinski definition) is 5. The van der Waals surface area contributed by atoms with E-state index in [9.17, 15) is 19.5 Å². The maximum absolute atomic E-state index is 12.2. The molecule has 30 heavy (non-hydrogen) atoms. The van der Waals surface area contributed by atoms with E-state index in [4.69, 9.17) is 9.84 Å². The van der Waals surface area contributed by atoms with Gasteiger partial charge in [-0.2, -0.15) is 0 Å². The Labute approximate surface area is 171 Å². The summed E-state index contributed by atoms with van der Waals surface area (Å²) in [6.07, 6.45) is 2.25. The van der Waals surface area contributed by atoms with Crippen LogP contribution in [0, 0.1) is 0 Å². The van der Waals surface area contributed by atoms with Crippen LogP contribution in [0.1, 0.15) is 10.4 Å². The third-order valence-corrected chi connectivity index (χ3v) is 3.68. The van der Waals surface area contributed by atoms with Crippen LogP contribution in [-0.4, -0.2) is 71.0 Å². The van der Waals surface area contributed by atoms with Crippen LogP contribution in [0.5, 0.6) is 11.5 Å². The standard InChI is InChI=1S/C18H21N5O7/c1-29-18(28)23-13(16(26)27)10-22-15(25)12-4-3-11(9-14(12)24)30-8-7-21-17-19-5-2-6-20-17/h2-6,9,13,24H,7-8,10H2,1H3,(H,22,25)(H,23,28)(H,26,27)(H,19,20,21)/t13-/m0/s1. The van der Waals surface area contributed by atoms with Gasteiger partial charge in [0.15, 0.2) is 0 Å². The maximum atomic E-state index is 12.2. The minimum Gasteiger partial charge on any atom is -0.507 e. The molecule has 0 bridgehead atoms. The highest BCUT2D eigenvalue weighted by atomic mass is 16.5. The molecule has 0 spiro atoms. The van der Waals surface area contributed by atoms with E-state index in [2.05, 4.69) is 30.7 Å². The molecule has 160 valence electrons. The number of phenols is 1. The van der Waals surface area contributed by atoms with Crippen LogP contribution >= 0.6 is 0 Å².